The van der Waals surface area contributed by atoms with Gasteiger partial charge in [-0.05, 0) is 34.4 Å². The number of hydrogen-bond donors (Lipinski definition) is 0. The predicted octanol–water partition coefficient (Wildman–Crippen LogP) is 1.87. The minimum Gasteiger partial charge on any atom is -0.287 e. The lowest BCUT2D eigenvalue weighted by Gasteiger charge is -2.16. The van der Waals surface area contributed by atoms with Gasteiger partial charge in [0.15, 0.2) is 0 Å². The first kappa shape index (κ1) is 11.3. The molecule has 1 atom stereocenters. The van der Waals surface area contributed by atoms with E-state index in [0.29, 0.717) is 0 Å². The Morgan fingerprint density at radius 3 is 2.17 bits per heavy atom. The molecule has 0 amide bonds. The third kappa shape index (κ3) is 5.05. The van der Waals surface area contributed by atoms with Gasteiger partial charge in [-0.15, -0.1) is 0 Å². The minimum atomic E-state index is 0.215. The highest BCUT2D eigenvalue weighted by Gasteiger charge is 2.03. The summed E-state index contributed by atoms with van der Waals surface area (Å²) in [6.07, 6.45) is 1.21. The molecule has 3 nitrogen and oxygen atoms in total. The first-order valence-electron chi connectivity index (χ1n) is 4.39. The molecule has 0 aliphatic rings. The molecule has 3 heteroatoms. The minimum absolute atomic E-state index is 0.215. The van der Waals surface area contributed by atoms with E-state index >= 15 is 0 Å². The smallest absolute Gasteiger partial charge is 0.112 e. The molecule has 0 radical (unpaired) electrons. The maximum atomic E-state index is 4.19. The van der Waals surface area contributed by atoms with E-state index in [9.17, 15) is 0 Å². The summed E-state index contributed by atoms with van der Waals surface area (Å²) in [7, 11) is 4.02. The van der Waals surface area contributed by atoms with Crippen LogP contribution in [0.2, 0.25) is 0 Å². The topological polar surface area (TPSA) is 28.0 Å². The maximum Gasteiger partial charge on any atom is 0.112 e. The summed E-state index contributed by atoms with van der Waals surface area (Å²) >= 11 is 0. The zero-order valence-electron chi connectivity index (χ0n) is 8.70. The van der Waals surface area contributed by atoms with Crippen molar-refractivity contribution in [2.75, 3.05) is 14.1 Å². The highest BCUT2D eigenvalue weighted by atomic mass is 15.2. The Balaban J connectivity index is 4.10. The molecule has 0 fully saturated rings. The van der Waals surface area contributed by atoms with Crippen LogP contribution in [0.3, 0.4) is 0 Å². The lowest BCUT2D eigenvalue weighted by molar-refractivity contribution is 0.296. The number of nitrogens with zero attached hydrogens (tertiary/aromatic N) is 3. The quantitative estimate of drug-likeness (QED) is 0.590. The maximum absolute atomic E-state index is 4.19. The zero-order chi connectivity index (χ0) is 9.56. The van der Waals surface area contributed by atoms with Crippen LogP contribution in [0.15, 0.2) is 9.98 Å². The Hall–Kier alpha value is -0.660. The van der Waals surface area contributed by atoms with Crippen LogP contribution in [-0.4, -0.2) is 37.2 Å². The van der Waals surface area contributed by atoms with Crippen LogP contribution in [0.4, 0.5) is 0 Å². The molecular weight excluding hydrogens is 150 g/mol. The van der Waals surface area contributed by atoms with Crippen LogP contribution in [0.25, 0.3) is 0 Å². The normalized spacial score (nSPS) is 12.9. The lowest BCUT2D eigenvalue weighted by atomic mass is 10.4. The molecule has 0 aliphatic carbocycles. The molecule has 0 heterocycles. The van der Waals surface area contributed by atoms with Gasteiger partial charge < -0.3 is 0 Å². The molecular formula is C9H19N3. The van der Waals surface area contributed by atoms with Crippen LogP contribution >= 0.6 is 0 Å². The monoisotopic (exact) mass is 169 g/mol. The molecule has 0 rings (SSSR count). The van der Waals surface area contributed by atoms with Gasteiger partial charge in [0.2, 0.25) is 0 Å². The van der Waals surface area contributed by atoms with E-state index in [1.165, 1.54) is 0 Å². The van der Waals surface area contributed by atoms with Crippen LogP contribution in [-0.2, 0) is 0 Å². The summed E-state index contributed by atoms with van der Waals surface area (Å²) < 4.78 is 0. The molecule has 12 heavy (non-hydrogen) atoms. The van der Waals surface area contributed by atoms with Crippen molar-refractivity contribution in [3.8, 4) is 0 Å². The summed E-state index contributed by atoms with van der Waals surface area (Å²) in [4.78, 5) is 10.3. The first-order valence-corrected chi connectivity index (χ1v) is 4.39. The van der Waals surface area contributed by atoms with Gasteiger partial charge in [0.25, 0.3) is 0 Å². The van der Waals surface area contributed by atoms with Gasteiger partial charge in [0.05, 0.1) is 12.1 Å². The number of rotatable bonds is 4. The standard InChI is InChI=1S/C9H19N3/c1-6-9(12(4)5)11-7-10-8(2)3/h8-9H,6H2,1-5H3. The Kier molecular flexibility index (Phi) is 5.60. The predicted molar refractivity (Wildman–Crippen MR) is 52.8 cm³/mol. The Bertz CT molecular complexity index is 167. The van der Waals surface area contributed by atoms with E-state index in [1.807, 2.05) is 27.9 Å². The van der Waals surface area contributed by atoms with Crippen molar-refractivity contribution in [3.05, 3.63) is 0 Å². The Morgan fingerprint density at radius 2 is 1.83 bits per heavy atom. The molecule has 0 saturated carbocycles. The van der Waals surface area contributed by atoms with Crippen molar-refractivity contribution < 1.29 is 0 Å². The molecule has 0 N–H and O–H groups in total. The van der Waals surface area contributed by atoms with E-state index in [4.69, 9.17) is 0 Å². The number of aliphatic imine (C=N–C) groups is 2. The van der Waals surface area contributed by atoms with E-state index < -0.39 is 0 Å². The summed E-state index contributed by atoms with van der Waals surface area (Å²) in [5, 5.41) is 0. The summed E-state index contributed by atoms with van der Waals surface area (Å²) in [5.41, 5.74) is 0. The summed E-state index contributed by atoms with van der Waals surface area (Å²) in [6.45, 7) is 6.13. The third-order valence-electron chi connectivity index (χ3n) is 1.48. The lowest BCUT2D eigenvalue weighted by Crippen LogP contribution is -2.24. The molecule has 0 spiro atoms. The van der Waals surface area contributed by atoms with E-state index in [-0.39, 0.29) is 12.2 Å². The third-order valence-corrected chi connectivity index (χ3v) is 1.48. The van der Waals surface area contributed by atoms with Crippen molar-refractivity contribution in [2.45, 2.75) is 39.4 Å². The second-order valence-electron chi connectivity index (χ2n) is 3.30. The molecule has 0 aromatic rings. The van der Waals surface area contributed by atoms with Gasteiger partial charge >= 0.3 is 0 Å². The fraction of sp³-hybridized carbons (Fsp3) is 0.889. The van der Waals surface area contributed by atoms with Crippen molar-refractivity contribution in [2.24, 2.45) is 9.98 Å². The first-order chi connectivity index (χ1) is 5.57. The van der Waals surface area contributed by atoms with Gasteiger partial charge in [0.1, 0.15) is 6.17 Å². The van der Waals surface area contributed by atoms with Crippen molar-refractivity contribution in [3.63, 3.8) is 0 Å². The Morgan fingerprint density at radius 1 is 1.25 bits per heavy atom. The van der Waals surface area contributed by atoms with Crippen LogP contribution in [0.1, 0.15) is 27.2 Å². The van der Waals surface area contributed by atoms with Crippen LogP contribution in [0.5, 0.6) is 0 Å². The molecule has 1 unspecified atom stereocenters. The van der Waals surface area contributed by atoms with E-state index in [0.717, 1.165) is 6.42 Å². The van der Waals surface area contributed by atoms with Crippen molar-refractivity contribution in [1.29, 1.82) is 0 Å². The van der Waals surface area contributed by atoms with Crippen molar-refractivity contribution >= 4 is 6.01 Å². The molecule has 0 saturated heterocycles. The largest absolute Gasteiger partial charge is 0.287 e. The van der Waals surface area contributed by atoms with Crippen LogP contribution in [0, 0.1) is 0 Å². The van der Waals surface area contributed by atoms with Gasteiger partial charge in [-0.2, -0.15) is 0 Å². The van der Waals surface area contributed by atoms with Gasteiger partial charge in [0, 0.05) is 0 Å². The highest BCUT2D eigenvalue weighted by Crippen LogP contribution is 1.98. The van der Waals surface area contributed by atoms with Gasteiger partial charge in [-0.1, -0.05) is 6.92 Å². The molecule has 0 aromatic carbocycles. The Labute approximate surface area is 75.2 Å². The average Bonchev–Trinajstić information content (AvgIpc) is 1.96. The fourth-order valence-corrected chi connectivity index (χ4v) is 0.787. The second-order valence-corrected chi connectivity index (χ2v) is 3.30. The van der Waals surface area contributed by atoms with E-state index in [2.05, 4.69) is 27.8 Å². The van der Waals surface area contributed by atoms with Crippen LogP contribution < -0.4 is 0 Å². The van der Waals surface area contributed by atoms with E-state index in [1.54, 1.807) is 0 Å². The molecule has 0 aromatic heterocycles. The van der Waals surface area contributed by atoms with Gasteiger partial charge in [-0.3, -0.25) is 4.90 Å². The fourth-order valence-electron chi connectivity index (χ4n) is 0.787. The van der Waals surface area contributed by atoms with Gasteiger partial charge in [-0.25, -0.2) is 9.98 Å². The molecule has 0 aliphatic heterocycles. The number of hydrogen-bond acceptors (Lipinski definition) is 3. The van der Waals surface area contributed by atoms with Crippen molar-refractivity contribution in [1.82, 2.24) is 4.90 Å². The zero-order valence-corrected chi connectivity index (χ0v) is 8.70. The SMILES string of the molecule is CCC(N=C=NC(C)C)N(C)C. The molecule has 0 bridgehead atoms. The highest BCUT2D eigenvalue weighted by molar-refractivity contribution is 5.41. The second kappa shape index (κ2) is 5.92. The summed E-state index contributed by atoms with van der Waals surface area (Å²) in [5.74, 6) is 0. The average molecular weight is 169 g/mol. The molecule has 70 valence electrons. The summed E-state index contributed by atoms with van der Waals surface area (Å²) in [6, 6.07) is 3.01.